The minimum Gasteiger partial charge on any atom is -0.462 e. The summed E-state index contributed by atoms with van der Waals surface area (Å²) in [6.07, 6.45) is 34.9. The molecule has 0 aromatic rings. The zero-order valence-electron chi connectivity index (χ0n) is 28.4. The van der Waals surface area contributed by atoms with Crippen LogP contribution in [0.5, 0.6) is 0 Å². The molecule has 44 heavy (non-hydrogen) atoms. The van der Waals surface area contributed by atoms with Crippen LogP contribution in [0, 0.1) is 5.92 Å². The summed E-state index contributed by atoms with van der Waals surface area (Å²) in [5.41, 5.74) is 0. The molecular formula is C38H66O6. The highest BCUT2D eigenvalue weighted by Crippen LogP contribution is 2.14. The van der Waals surface area contributed by atoms with E-state index in [1.807, 2.05) is 18.2 Å². The Hall–Kier alpha value is -2.18. The van der Waals surface area contributed by atoms with Gasteiger partial charge in [-0.25, -0.2) is 0 Å². The van der Waals surface area contributed by atoms with E-state index in [9.17, 15) is 19.8 Å². The van der Waals surface area contributed by atoms with E-state index >= 15 is 0 Å². The van der Waals surface area contributed by atoms with E-state index in [0.717, 1.165) is 44.4 Å². The van der Waals surface area contributed by atoms with Gasteiger partial charge in [-0.05, 0) is 50.9 Å². The van der Waals surface area contributed by atoms with Crippen LogP contribution in [0.1, 0.15) is 149 Å². The molecule has 0 rings (SSSR count). The molecule has 0 spiro atoms. The molecule has 254 valence electrons. The highest BCUT2D eigenvalue weighted by molar-refractivity contribution is 5.70. The third kappa shape index (κ3) is 31.3. The fourth-order valence-corrected chi connectivity index (χ4v) is 4.66. The summed E-state index contributed by atoms with van der Waals surface area (Å²) in [5, 5.41) is 19.6. The lowest BCUT2D eigenvalue weighted by atomic mass is 10.0. The van der Waals surface area contributed by atoms with Crippen molar-refractivity contribution in [2.75, 3.05) is 13.2 Å². The Morgan fingerprint density at radius 1 is 0.682 bits per heavy atom. The van der Waals surface area contributed by atoms with E-state index in [2.05, 4.69) is 45.1 Å². The lowest BCUT2D eigenvalue weighted by molar-refractivity contribution is -0.161. The Morgan fingerprint density at radius 3 is 1.95 bits per heavy atom. The third-order valence-electron chi connectivity index (χ3n) is 7.41. The summed E-state index contributed by atoms with van der Waals surface area (Å²) < 4.78 is 10.5. The number of hydrogen-bond donors (Lipinski definition) is 2. The number of aliphatic hydroxyl groups is 2. The SMILES string of the molecule is CCCCC/C=C\C/C=C\C/C=C\C=C\[C@H](O)CCCC(=O)O[C@@H](CO)COC(=O)CCCCCCCCCCCC(C)C. The summed E-state index contributed by atoms with van der Waals surface area (Å²) >= 11 is 0. The molecule has 0 saturated carbocycles. The minimum absolute atomic E-state index is 0.126. The van der Waals surface area contributed by atoms with Gasteiger partial charge in [0.1, 0.15) is 6.61 Å². The molecule has 0 aromatic carbocycles. The molecule has 0 aliphatic carbocycles. The highest BCUT2D eigenvalue weighted by Gasteiger charge is 2.16. The van der Waals surface area contributed by atoms with E-state index < -0.39 is 24.8 Å². The first-order valence-corrected chi connectivity index (χ1v) is 17.7. The van der Waals surface area contributed by atoms with Gasteiger partial charge in [-0.15, -0.1) is 0 Å². The van der Waals surface area contributed by atoms with E-state index in [-0.39, 0.29) is 19.0 Å². The first-order valence-electron chi connectivity index (χ1n) is 17.7. The van der Waals surface area contributed by atoms with Crippen LogP contribution in [0.2, 0.25) is 0 Å². The van der Waals surface area contributed by atoms with Crippen molar-refractivity contribution in [2.24, 2.45) is 5.92 Å². The van der Waals surface area contributed by atoms with Gasteiger partial charge in [0, 0.05) is 12.8 Å². The monoisotopic (exact) mass is 618 g/mol. The smallest absolute Gasteiger partial charge is 0.306 e. The van der Waals surface area contributed by atoms with Crippen LogP contribution in [0.25, 0.3) is 0 Å². The number of carbonyl (C=O) groups is 2. The van der Waals surface area contributed by atoms with Crippen molar-refractivity contribution in [1.29, 1.82) is 0 Å². The fraction of sp³-hybridized carbons (Fsp3) is 0.737. The molecule has 0 aliphatic heterocycles. The topological polar surface area (TPSA) is 93.1 Å². The molecule has 2 N–H and O–H groups in total. The van der Waals surface area contributed by atoms with Gasteiger partial charge in [-0.3, -0.25) is 9.59 Å². The third-order valence-corrected chi connectivity index (χ3v) is 7.41. The second kappa shape index (κ2) is 32.2. The van der Waals surface area contributed by atoms with Crippen LogP contribution in [0.4, 0.5) is 0 Å². The van der Waals surface area contributed by atoms with Gasteiger partial charge in [0.2, 0.25) is 0 Å². The number of carbonyl (C=O) groups excluding carboxylic acids is 2. The van der Waals surface area contributed by atoms with Crippen molar-refractivity contribution in [2.45, 2.75) is 161 Å². The molecule has 0 unspecified atom stereocenters. The molecule has 0 aliphatic rings. The van der Waals surface area contributed by atoms with Gasteiger partial charge in [-0.1, -0.05) is 140 Å². The average molecular weight is 619 g/mol. The normalized spacial score (nSPS) is 13.6. The predicted octanol–water partition coefficient (Wildman–Crippen LogP) is 9.50. The van der Waals surface area contributed by atoms with Crippen molar-refractivity contribution in [3.05, 3.63) is 48.6 Å². The number of aliphatic hydroxyl groups excluding tert-OH is 2. The van der Waals surface area contributed by atoms with Crippen LogP contribution in [0.15, 0.2) is 48.6 Å². The van der Waals surface area contributed by atoms with Crippen LogP contribution in [-0.2, 0) is 19.1 Å². The largest absolute Gasteiger partial charge is 0.462 e. The van der Waals surface area contributed by atoms with E-state index in [4.69, 9.17) is 9.47 Å². The fourth-order valence-electron chi connectivity index (χ4n) is 4.66. The van der Waals surface area contributed by atoms with Gasteiger partial charge >= 0.3 is 11.9 Å². The molecule has 0 radical (unpaired) electrons. The minimum atomic E-state index is -0.863. The van der Waals surface area contributed by atoms with Crippen LogP contribution in [0.3, 0.4) is 0 Å². The molecule has 0 heterocycles. The summed E-state index contributed by atoms with van der Waals surface area (Å²) in [4.78, 5) is 24.2. The summed E-state index contributed by atoms with van der Waals surface area (Å²) in [6, 6.07) is 0. The lowest BCUT2D eigenvalue weighted by Crippen LogP contribution is -2.28. The number of rotatable bonds is 30. The molecule has 6 heteroatoms. The Balaban J connectivity index is 3.83. The number of allylic oxidation sites excluding steroid dienone is 7. The zero-order chi connectivity index (χ0) is 32.5. The van der Waals surface area contributed by atoms with Crippen LogP contribution >= 0.6 is 0 Å². The average Bonchev–Trinajstić information content (AvgIpc) is 3.00. The lowest BCUT2D eigenvalue weighted by Gasteiger charge is -2.16. The molecule has 2 atom stereocenters. The van der Waals surface area contributed by atoms with Crippen molar-refractivity contribution in [3.8, 4) is 0 Å². The maximum Gasteiger partial charge on any atom is 0.306 e. The van der Waals surface area contributed by atoms with Gasteiger partial charge in [0.15, 0.2) is 6.10 Å². The molecular weight excluding hydrogens is 552 g/mol. The van der Waals surface area contributed by atoms with Gasteiger partial charge in [0.05, 0.1) is 12.7 Å². The highest BCUT2D eigenvalue weighted by atomic mass is 16.6. The number of esters is 2. The Bertz CT molecular complexity index is 782. The second-order valence-corrected chi connectivity index (χ2v) is 12.3. The molecule has 0 bridgehead atoms. The van der Waals surface area contributed by atoms with Crippen LogP contribution in [-0.4, -0.2) is 47.6 Å². The predicted molar refractivity (Wildman–Crippen MR) is 183 cm³/mol. The standard InChI is InChI=1S/C38H66O6/c1-4-5-6-7-8-9-10-11-12-15-18-21-24-28-35(40)29-26-31-38(42)44-36(32-39)33-43-37(41)30-25-22-19-16-13-14-17-20-23-27-34(2)3/h8-9,11-12,18,21,24,28,34-36,39-40H,4-7,10,13-17,19-20,22-23,25-27,29-33H2,1-3H3/b9-8-,12-11-,21-18-,28-24+/t35-,36-/m0/s1. The quantitative estimate of drug-likeness (QED) is 0.0360. The summed E-state index contributed by atoms with van der Waals surface area (Å²) in [7, 11) is 0. The van der Waals surface area contributed by atoms with Gasteiger partial charge in [0.25, 0.3) is 0 Å². The van der Waals surface area contributed by atoms with Crippen molar-refractivity contribution in [3.63, 3.8) is 0 Å². The first-order chi connectivity index (χ1) is 21.4. The Morgan fingerprint density at radius 2 is 1.30 bits per heavy atom. The summed E-state index contributed by atoms with van der Waals surface area (Å²) in [6.45, 7) is 6.23. The molecule has 0 saturated heterocycles. The maximum atomic E-state index is 12.1. The van der Waals surface area contributed by atoms with Gasteiger partial charge < -0.3 is 19.7 Å². The number of unbranched alkanes of at least 4 members (excludes halogenated alkanes) is 11. The Labute approximate surface area is 270 Å². The zero-order valence-corrected chi connectivity index (χ0v) is 28.4. The van der Waals surface area contributed by atoms with Crippen molar-refractivity contribution in [1.82, 2.24) is 0 Å². The maximum absolute atomic E-state index is 12.1. The molecule has 0 fully saturated rings. The van der Waals surface area contributed by atoms with Crippen molar-refractivity contribution < 1.29 is 29.3 Å². The molecule has 0 aromatic heterocycles. The molecule has 0 amide bonds. The van der Waals surface area contributed by atoms with Gasteiger partial charge in [-0.2, -0.15) is 0 Å². The first kappa shape index (κ1) is 41.8. The Kier molecular flexibility index (Phi) is 30.6. The number of hydrogen-bond acceptors (Lipinski definition) is 6. The van der Waals surface area contributed by atoms with Crippen molar-refractivity contribution >= 4 is 11.9 Å². The van der Waals surface area contributed by atoms with E-state index in [1.165, 1.54) is 64.2 Å². The number of ether oxygens (including phenoxy) is 2. The van der Waals surface area contributed by atoms with Crippen LogP contribution < -0.4 is 0 Å². The van der Waals surface area contributed by atoms with E-state index in [1.54, 1.807) is 6.08 Å². The van der Waals surface area contributed by atoms with E-state index in [0.29, 0.717) is 19.3 Å². The summed E-state index contributed by atoms with van der Waals surface area (Å²) in [5.74, 6) is 0.00740. The second-order valence-electron chi connectivity index (χ2n) is 12.3. The molecule has 6 nitrogen and oxygen atoms in total.